The summed E-state index contributed by atoms with van der Waals surface area (Å²) in [5.41, 5.74) is -0.155. The minimum absolute atomic E-state index is 0.0525. The summed E-state index contributed by atoms with van der Waals surface area (Å²) in [5, 5.41) is 4.82. The Labute approximate surface area is 103 Å². The van der Waals surface area contributed by atoms with Gasteiger partial charge in [-0.15, -0.1) is 0 Å². The number of anilines is 1. The van der Waals surface area contributed by atoms with Crippen LogP contribution in [0, 0.1) is 0 Å². The zero-order chi connectivity index (χ0) is 13.8. The molecule has 8 heteroatoms. The van der Waals surface area contributed by atoms with Crippen LogP contribution in [0.2, 0.25) is 0 Å². The van der Waals surface area contributed by atoms with Crippen molar-refractivity contribution in [2.24, 2.45) is 0 Å². The molecule has 0 heterocycles. The summed E-state index contributed by atoms with van der Waals surface area (Å²) in [6, 6.07) is 5.03. The van der Waals surface area contributed by atoms with E-state index in [0.29, 0.717) is 0 Å². The van der Waals surface area contributed by atoms with E-state index >= 15 is 0 Å². The number of nitrogens with one attached hydrogen (secondary N) is 2. The van der Waals surface area contributed by atoms with Crippen LogP contribution in [0.1, 0.15) is 0 Å². The molecule has 18 heavy (non-hydrogen) atoms. The lowest BCUT2D eigenvalue weighted by Gasteiger charge is -2.10. The van der Waals surface area contributed by atoms with Crippen LogP contribution < -0.4 is 10.6 Å². The number of carbonyl (C=O) groups excluding carboxylic acids is 1. The van der Waals surface area contributed by atoms with Crippen molar-refractivity contribution in [1.29, 1.82) is 0 Å². The fraction of sp³-hybridized carbons (Fsp3) is 0.300. The van der Waals surface area contributed by atoms with Crippen molar-refractivity contribution in [1.82, 2.24) is 5.32 Å². The van der Waals surface area contributed by atoms with E-state index in [2.05, 4.69) is 10.6 Å². The molecule has 0 aromatic heterocycles. The highest BCUT2D eigenvalue weighted by molar-refractivity contribution is 7.91. The summed E-state index contributed by atoms with van der Waals surface area (Å²) in [6.07, 6.45) is 0. The van der Waals surface area contributed by atoms with Crippen molar-refractivity contribution in [3.8, 4) is 0 Å². The Bertz CT molecular complexity index is 532. The lowest BCUT2D eigenvalue weighted by molar-refractivity contribution is -0.115. The highest BCUT2D eigenvalue weighted by atomic mass is 32.2. The van der Waals surface area contributed by atoms with Crippen molar-refractivity contribution >= 4 is 21.4 Å². The van der Waals surface area contributed by atoms with Gasteiger partial charge < -0.3 is 10.6 Å². The van der Waals surface area contributed by atoms with Gasteiger partial charge in [0.1, 0.15) is 0 Å². The van der Waals surface area contributed by atoms with Gasteiger partial charge in [0.2, 0.25) is 15.7 Å². The number of sulfone groups is 1. The van der Waals surface area contributed by atoms with Crippen LogP contribution in [0.4, 0.5) is 14.5 Å². The first-order chi connectivity index (χ1) is 8.39. The summed E-state index contributed by atoms with van der Waals surface area (Å²) < 4.78 is 47.7. The van der Waals surface area contributed by atoms with E-state index in [1.54, 1.807) is 0 Å². The van der Waals surface area contributed by atoms with E-state index in [-0.39, 0.29) is 12.2 Å². The van der Waals surface area contributed by atoms with Crippen molar-refractivity contribution in [2.75, 3.05) is 18.9 Å². The van der Waals surface area contributed by atoms with Gasteiger partial charge in [0.25, 0.3) is 0 Å². The van der Waals surface area contributed by atoms with Gasteiger partial charge in [-0.25, -0.2) is 8.42 Å². The molecule has 0 aliphatic carbocycles. The average molecular weight is 278 g/mol. The second-order valence-electron chi connectivity index (χ2n) is 3.38. The lowest BCUT2D eigenvalue weighted by Crippen LogP contribution is -2.26. The zero-order valence-corrected chi connectivity index (χ0v) is 10.3. The Morgan fingerprint density at radius 2 is 1.94 bits per heavy atom. The van der Waals surface area contributed by atoms with E-state index < -0.39 is 26.4 Å². The highest BCUT2D eigenvalue weighted by Crippen LogP contribution is 2.25. The van der Waals surface area contributed by atoms with Crippen molar-refractivity contribution in [3.63, 3.8) is 0 Å². The molecule has 0 bridgehead atoms. The van der Waals surface area contributed by atoms with Gasteiger partial charge >= 0.3 is 5.76 Å². The maximum absolute atomic E-state index is 12.5. The molecule has 1 aromatic rings. The van der Waals surface area contributed by atoms with E-state index in [4.69, 9.17) is 0 Å². The molecular formula is C10H12F2N2O3S. The Morgan fingerprint density at radius 1 is 1.33 bits per heavy atom. The molecule has 0 unspecified atom stereocenters. The Kier molecular flexibility index (Phi) is 4.74. The summed E-state index contributed by atoms with van der Waals surface area (Å²) in [7, 11) is -3.21. The third-order valence-electron chi connectivity index (χ3n) is 2.04. The van der Waals surface area contributed by atoms with Gasteiger partial charge in [0.15, 0.2) is 0 Å². The number of para-hydroxylation sites is 1. The van der Waals surface area contributed by atoms with Crippen molar-refractivity contribution in [2.45, 2.75) is 10.7 Å². The molecule has 2 N–H and O–H groups in total. The minimum Gasteiger partial charge on any atom is -0.324 e. The van der Waals surface area contributed by atoms with Gasteiger partial charge in [-0.1, -0.05) is 12.1 Å². The lowest BCUT2D eigenvalue weighted by atomic mass is 10.3. The molecule has 1 amide bonds. The number of rotatable bonds is 5. The Hall–Kier alpha value is -1.54. The number of benzene rings is 1. The molecule has 1 rings (SSSR count). The van der Waals surface area contributed by atoms with E-state index in [1.165, 1.54) is 25.2 Å². The van der Waals surface area contributed by atoms with Crippen molar-refractivity contribution < 1.29 is 22.0 Å². The minimum atomic E-state index is -4.74. The molecule has 0 saturated heterocycles. The second kappa shape index (κ2) is 5.87. The Balaban J connectivity index is 3.12. The number of amides is 1. The fourth-order valence-corrected chi connectivity index (χ4v) is 2.15. The van der Waals surface area contributed by atoms with Crippen LogP contribution in [-0.4, -0.2) is 33.7 Å². The first kappa shape index (κ1) is 14.5. The number of halogens is 2. The van der Waals surface area contributed by atoms with E-state index in [0.717, 1.165) is 6.07 Å². The second-order valence-corrected chi connectivity index (χ2v) is 5.27. The number of hydrogen-bond acceptors (Lipinski definition) is 4. The SMILES string of the molecule is CNCC(=O)Nc1ccccc1S(=O)(=O)C(F)F. The zero-order valence-electron chi connectivity index (χ0n) is 9.48. The molecule has 100 valence electrons. The standard InChI is InChI=1S/C10H12F2N2O3S/c1-13-6-9(15)14-7-4-2-3-5-8(7)18(16,17)10(11)12/h2-5,10,13H,6H2,1H3,(H,14,15). The number of hydrogen-bond donors (Lipinski definition) is 2. The monoisotopic (exact) mass is 278 g/mol. The number of likely N-dealkylation sites (N-methyl/N-ethyl adjacent to an activating group) is 1. The molecular weight excluding hydrogens is 266 g/mol. The first-order valence-electron chi connectivity index (χ1n) is 4.95. The quantitative estimate of drug-likeness (QED) is 0.837. The van der Waals surface area contributed by atoms with E-state index in [1.807, 2.05) is 0 Å². The number of alkyl halides is 2. The molecule has 0 atom stereocenters. The van der Waals surface area contributed by atoms with Gasteiger partial charge in [-0.2, -0.15) is 8.78 Å². The average Bonchev–Trinajstić information content (AvgIpc) is 2.29. The highest BCUT2D eigenvalue weighted by Gasteiger charge is 2.29. The molecule has 0 spiro atoms. The third kappa shape index (κ3) is 3.23. The third-order valence-corrected chi connectivity index (χ3v) is 3.48. The predicted molar refractivity (Wildman–Crippen MR) is 62.2 cm³/mol. The van der Waals surface area contributed by atoms with Crippen molar-refractivity contribution in [3.05, 3.63) is 24.3 Å². The molecule has 0 radical (unpaired) electrons. The van der Waals surface area contributed by atoms with Crippen LogP contribution >= 0.6 is 0 Å². The first-order valence-corrected chi connectivity index (χ1v) is 6.49. The summed E-state index contributed by atoms with van der Waals surface area (Å²) in [6.45, 7) is -0.0525. The van der Waals surface area contributed by atoms with Crippen LogP contribution in [0.15, 0.2) is 29.2 Å². The van der Waals surface area contributed by atoms with Crippen LogP contribution in [0.25, 0.3) is 0 Å². The van der Waals surface area contributed by atoms with Crippen LogP contribution in [-0.2, 0) is 14.6 Å². The van der Waals surface area contributed by atoms with Crippen LogP contribution in [0.3, 0.4) is 0 Å². The largest absolute Gasteiger partial charge is 0.341 e. The summed E-state index contributed by atoms with van der Waals surface area (Å²) in [5.74, 6) is -4.05. The fourth-order valence-electron chi connectivity index (χ4n) is 1.27. The molecule has 0 aliphatic heterocycles. The van der Waals surface area contributed by atoms with Gasteiger partial charge in [-0.05, 0) is 19.2 Å². The predicted octanol–water partition coefficient (Wildman–Crippen LogP) is 0.841. The normalized spacial score (nSPS) is 11.6. The number of carbonyl (C=O) groups is 1. The molecule has 5 nitrogen and oxygen atoms in total. The molecule has 0 aliphatic rings. The van der Waals surface area contributed by atoms with Gasteiger partial charge in [0, 0.05) is 0 Å². The molecule has 1 aromatic carbocycles. The van der Waals surface area contributed by atoms with Gasteiger partial charge in [0.05, 0.1) is 17.1 Å². The van der Waals surface area contributed by atoms with E-state index in [9.17, 15) is 22.0 Å². The Morgan fingerprint density at radius 3 is 2.50 bits per heavy atom. The maximum atomic E-state index is 12.5. The smallest absolute Gasteiger partial charge is 0.324 e. The summed E-state index contributed by atoms with van der Waals surface area (Å²) in [4.78, 5) is 10.7. The molecule has 0 fully saturated rings. The van der Waals surface area contributed by atoms with Crippen LogP contribution in [0.5, 0.6) is 0 Å². The topological polar surface area (TPSA) is 75.3 Å². The summed E-state index contributed by atoms with van der Waals surface area (Å²) >= 11 is 0. The molecule has 0 saturated carbocycles. The maximum Gasteiger partial charge on any atom is 0.341 e. The van der Waals surface area contributed by atoms with Gasteiger partial charge in [-0.3, -0.25) is 4.79 Å².